The molecule has 0 heterocycles. The van der Waals surface area contributed by atoms with Crippen LogP contribution in [0.5, 0.6) is 0 Å². The first-order valence-electron chi connectivity index (χ1n) is 9.62. The summed E-state index contributed by atoms with van der Waals surface area (Å²) in [6.45, 7) is 0. The molecule has 4 bridgehead atoms. The lowest BCUT2D eigenvalue weighted by molar-refractivity contribution is -0.220. The van der Waals surface area contributed by atoms with Gasteiger partial charge >= 0.3 is 0 Å². The molecule has 0 N–H and O–H groups in total. The van der Waals surface area contributed by atoms with Crippen LogP contribution in [-0.4, -0.2) is 29.8 Å². The van der Waals surface area contributed by atoms with Gasteiger partial charge in [-0.25, -0.2) is 0 Å². The number of alkyl halides is 2. The summed E-state index contributed by atoms with van der Waals surface area (Å²) in [6.07, 6.45) is 0. The van der Waals surface area contributed by atoms with E-state index in [9.17, 15) is 0 Å². The third-order valence-corrected chi connectivity index (χ3v) is 10.4. The zero-order chi connectivity index (χ0) is 20.3. The van der Waals surface area contributed by atoms with Gasteiger partial charge in [-0.05, 0) is 22.3 Å². The van der Waals surface area contributed by atoms with Crippen LogP contribution in [0.1, 0.15) is 34.1 Å². The Morgan fingerprint density at radius 3 is 1.24 bits per heavy atom. The smallest absolute Gasteiger partial charge is 0.217 e. The first-order valence-corrected chi connectivity index (χ1v) is 11.1. The summed E-state index contributed by atoms with van der Waals surface area (Å²) >= 11 is 28.5. The van der Waals surface area contributed by atoms with Crippen LogP contribution in [0.25, 0.3) is 0 Å². The molecule has 0 amide bonds. The lowest BCUT2D eigenvalue weighted by atomic mass is 9.51. The average Bonchev–Trinajstić information content (AvgIpc) is 3.02. The molecular formula is C23H18Cl4O2. The number of fused-ring (bicyclic) bond motifs is 2. The molecule has 0 saturated heterocycles. The van der Waals surface area contributed by atoms with Crippen molar-refractivity contribution in [3.63, 3.8) is 0 Å². The standard InChI is InChI=1S/C23H18Cl4O2/c1-28-23(29-2)21(26)17-15-11-7-3-4-8-12(11)16(14-10-6-5-9-13(14)15)18(17)22(23,27)20(25)19(21)24/h3-10,15-18H,1-2H3/t15?,16?,17-,18-,21-,22+/m0/s1. The molecule has 2 aromatic rings. The van der Waals surface area contributed by atoms with E-state index >= 15 is 0 Å². The second kappa shape index (κ2) is 5.73. The minimum Gasteiger partial charge on any atom is -0.350 e. The Morgan fingerprint density at radius 2 is 0.966 bits per heavy atom. The minimum atomic E-state index is -1.37. The molecule has 5 aliphatic rings. The summed E-state index contributed by atoms with van der Waals surface area (Å²) in [5.74, 6) is -1.55. The van der Waals surface area contributed by atoms with Crippen molar-refractivity contribution in [1.29, 1.82) is 0 Å². The van der Waals surface area contributed by atoms with Crippen molar-refractivity contribution in [3.8, 4) is 0 Å². The topological polar surface area (TPSA) is 18.5 Å². The summed E-state index contributed by atoms with van der Waals surface area (Å²) in [5.41, 5.74) is 5.08. The molecule has 4 atom stereocenters. The van der Waals surface area contributed by atoms with Crippen LogP contribution < -0.4 is 0 Å². The van der Waals surface area contributed by atoms with Crippen LogP contribution in [0.2, 0.25) is 0 Å². The van der Waals surface area contributed by atoms with Gasteiger partial charge in [0.2, 0.25) is 5.79 Å². The zero-order valence-corrected chi connectivity index (χ0v) is 18.8. The number of benzene rings is 2. The maximum atomic E-state index is 7.45. The largest absolute Gasteiger partial charge is 0.350 e. The molecular weight excluding hydrogens is 450 g/mol. The van der Waals surface area contributed by atoms with Crippen molar-refractivity contribution in [1.82, 2.24) is 0 Å². The highest BCUT2D eigenvalue weighted by Crippen LogP contribution is 2.81. The van der Waals surface area contributed by atoms with Gasteiger partial charge in [-0.2, -0.15) is 0 Å². The van der Waals surface area contributed by atoms with Gasteiger partial charge in [-0.3, -0.25) is 0 Å². The molecule has 0 radical (unpaired) electrons. The molecule has 2 aromatic carbocycles. The normalized spacial score (nSPS) is 40.1. The molecule has 150 valence electrons. The molecule has 0 spiro atoms. The molecule has 2 nitrogen and oxygen atoms in total. The Kier molecular flexibility index (Phi) is 3.75. The van der Waals surface area contributed by atoms with Crippen LogP contribution in [0.3, 0.4) is 0 Å². The molecule has 1 saturated carbocycles. The fourth-order valence-electron chi connectivity index (χ4n) is 6.91. The van der Waals surface area contributed by atoms with E-state index in [1.807, 2.05) is 0 Å². The average molecular weight is 468 g/mol. The van der Waals surface area contributed by atoms with Crippen LogP contribution in [0.15, 0.2) is 58.6 Å². The molecule has 0 unspecified atom stereocenters. The molecule has 7 rings (SSSR count). The van der Waals surface area contributed by atoms with Crippen molar-refractivity contribution in [3.05, 3.63) is 80.8 Å². The second-order valence-electron chi connectivity index (χ2n) is 8.34. The Balaban J connectivity index is 1.75. The van der Waals surface area contributed by atoms with Gasteiger partial charge < -0.3 is 9.47 Å². The van der Waals surface area contributed by atoms with Gasteiger partial charge in [0.1, 0.15) is 9.75 Å². The number of ether oxygens (including phenoxy) is 2. The van der Waals surface area contributed by atoms with Crippen LogP contribution >= 0.6 is 46.4 Å². The van der Waals surface area contributed by atoms with E-state index in [-0.39, 0.29) is 23.7 Å². The number of hydrogen-bond donors (Lipinski definition) is 0. The van der Waals surface area contributed by atoms with Gasteiger partial charge in [0.05, 0.1) is 10.1 Å². The number of hydrogen-bond acceptors (Lipinski definition) is 2. The highest BCUT2D eigenvalue weighted by atomic mass is 35.5. The summed E-state index contributed by atoms with van der Waals surface area (Å²) in [6, 6.07) is 17.1. The molecule has 5 aliphatic carbocycles. The van der Waals surface area contributed by atoms with Crippen molar-refractivity contribution in [2.75, 3.05) is 14.2 Å². The highest BCUT2D eigenvalue weighted by Gasteiger charge is 2.87. The third-order valence-electron chi connectivity index (χ3n) is 7.72. The first kappa shape index (κ1) is 19.0. The van der Waals surface area contributed by atoms with Gasteiger partial charge in [-0.15, -0.1) is 23.2 Å². The van der Waals surface area contributed by atoms with E-state index in [1.165, 1.54) is 22.3 Å². The highest BCUT2D eigenvalue weighted by molar-refractivity contribution is 6.52. The fourth-order valence-corrected chi connectivity index (χ4v) is 9.18. The Morgan fingerprint density at radius 1 is 0.655 bits per heavy atom. The van der Waals surface area contributed by atoms with E-state index in [1.54, 1.807) is 14.2 Å². The molecule has 29 heavy (non-hydrogen) atoms. The summed E-state index contributed by atoms with van der Waals surface area (Å²) in [7, 11) is 3.13. The molecule has 0 aromatic heterocycles. The van der Waals surface area contributed by atoms with Crippen LogP contribution in [0.4, 0.5) is 0 Å². The lowest BCUT2D eigenvalue weighted by Gasteiger charge is -2.54. The summed E-state index contributed by atoms with van der Waals surface area (Å²) in [5, 5.41) is 0.673. The van der Waals surface area contributed by atoms with Crippen molar-refractivity contribution < 1.29 is 9.47 Å². The first-order chi connectivity index (χ1) is 13.9. The van der Waals surface area contributed by atoms with Gasteiger partial charge in [0.15, 0.2) is 0 Å². The van der Waals surface area contributed by atoms with Gasteiger partial charge in [-0.1, -0.05) is 71.7 Å². The monoisotopic (exact) mass is 466 g/mol. The number of methoxy groups -OCH3 is 2. The summed E-state index contributed by atoms with van der Waals surface area (Å²) < 4.78 is 12.0. The zero-order valence-electron chi connectivity index (χ0n) is 15.8. The van der Waals surface area contributed by atoms with Crippen molar-refractivity contribution in [2.45, 2.75) is 27.4 Å². The fraction of sp³-hybridized carbons (Fsp3) is 0.391. The van der Waals surface area contributed by atoms with Crippen LogP contribution in [-0.2, 0) is 9.47 Å². The number of halogens is 4. The second-order valence-corrected chi connectivity index (χ2v) is 10.3. The Labute approximate surface area is 189 Å². The van der Waals surface area contributed by atoms with Crippen LogP contribution in [0, 0.1) is 11.8 Å². The minimum absolute atomic E-state index is 0.0266. The van der Waals surface area contributed by atoms with E-state index in [0.717, 1.165) is 0 Å². The predicted octanol–water partition coefficient (Wildman–Crippen LogP) is 6.17. The Bertz CT molecular complexity index is 966. The maximum Gasteiger partial charge on any atom is 0.217 e. The third kappa shape index (κ3) is 1.70. The van der Waals surface area contributed by atoms with Gasteiger partial charge in [0, 0.05) is 37.9 Å². The number of rotatable bonds is 2. The molecule has 6 heteroatoms. The Hall–Kier alpha value is -0.740. The van der Waals surface area contributed by atoms with Gasteiger partial charge in [0.25, 0.3) is 0 Å². The lowest BCUT2D eigenvalue weighted by Crippen LogP contribution is -2.57. The maximum absolute atomic E-state index is 7.45. The predicted molar refractivity (Wildman–Crippen MR) is 116 cm³/mol. The van der Waals surface area contributed by atoms with Crippen molar-refractivity contribution in [2.24, 2.45) is 11.8 Å². The summed E-state index contributed by atoms with van der Waals surface area (Å²) in [4.78, 5) is -2.38. The van der Waals surface area contributed by atoms with E-state index in [0.29, 0.717) is 10.1 Å². The van der Waals surface area contributed by atoms with Crippen molar-refractivity contribution >= 4 is 46.4 Å². The SMILES string of the molecule is COC1(OC)[C@@]2(Cl)C(Cl)=C(Cl)[C@]1(Cl)[C@H]1C3c4ccccc4C(c4ccccc43)[C@@H]12. The van der Waals surface area contributed by atoms with E-state index in [4.69, 9.17) is 55.9 Å². The van der Waals surface area contributed by atoms with E-state index < -0.39 is 15.5 Å². The molecule has 1 fully saturated rings. The molecule has 0 aliphatic heterocycles. The van der Waals surface area contributed by atoms with E-state index in [2.05, 4.69) is 48.5 Å². The quantitative estimate of drug-likeness (QED) is 0.388.